The summed E-state index contributed by atoms with van der Waals surface area (Å²) in [5.74, 6) is -1.25. The van der Waals surface area contributed by atoms with Gasteiger partial charge in [-0.2, -0.15) is 0 Å². The first-order valence-corrected chi connectivity index (χ1v) is 28.6. The number of unbranched alkanes of at least 4 members (excludes halogenated alkanes) is 20. The van der Waals surface area contributed by atoms with E-state index in [0.717, 1.165) is 128 Å². The number of ether oxygens (including phenoxy) is 5. The number of esters is 3. The lowest BCUT2D eigenvalue weighted by Crippen LogP contribution is -2.42. The van der Waals surface area contributed by atoms with Gasteiger partial charge in [0, 0.05) is 32.5 Å². The Bertz CT molecular complexity index is 1280. The van der Waals surface area contributed by atoms with E-state index in [-0.39, 0.29) is 51.0 Å². The molecular weight excluding hydrogens is 877 g/mol. The molecule has 0 spiro atoms. The summed E-state index contributed by atoms with van der Waals surface area (Å²) in [5.41, 5.74) is -1.29. The second-order valence-corrected chi connectivity index (χ2v) is 19.1. The monoisotopic (exact) mass is 983 g/mol. The van der Waals surface area contributed by atoms with Crippen molar-refractivity contribution in [2.24, 2.45) is 5.41 Å². The van der Waals surface area contributed by atoms with E-state index in [2.05, 4.69) is 101 Å². The third-order valence-electron chi connectivity index (χ3n) is 12.1. The second kappa shape index (κ2) is 53.5. The maximum absolute atomic E-state index is 13.2. The van der Waals surface area contributed by atoms with Crippen molar-refractivity contribution in [3.8, 4) is 0 Å². The summed E-state index contributed by atoms with van der Waals surface area (Å²) in [4.78, 5) is 39.1. The molecule has 9 heteroatoms. The summed E-state index contributed by atoms with van der Waals surface area (Å²) in [6.45, 7) is 8.55. The van der Waals surface area contributed by atoms with E-state index in [1.54, 1.807) is 0 Å². The first-order valence-electron chi connectivity index (χ1n) is 28.6. The molecule has 1 N–H and O–H groups in total. The number of aliphatic hydroxyl groups excluding tert-OH is 1. The van der Waals surface area contributed by atoms with Gasteiger partial charge < -0.3 is 28.8 Å². The number of hydrogen-bond acceptors (Lipinski definition) is 9. The molecule has 0 aromatic heterocycles. The normalized spacial score (nSPS) is 12.4. The standard InChI is InChI=1S/C61H106O9/c1-5-9-13-17-21-23-25-27-29-31-33-35-37-39-43-47-57(63)68-54-61(53-62,55-69-58(64)48-44-40-38-36-34-32-30-28-26-24-22-18-14-10-6-2)56-70-59(65)49-50-60(66-51-45-41-19-15-11-7-3)67-52-46-42-20-16-12-8-4/h11-12,15-16,21-24,27-30,60,62H,5-10,13-14,17-20,25-26,31-56H2,1-4H3/b15-11-,16-12-,23-21-,24-22-,29-27-,30-28-. The maximum Gasteiger partial charge on any atom is 0.306 e. The highest BCUT2D eigenvalue weighted by atomic mass is 16.7. The average Bonchev–Trinajstić information content (AvgIpc) is 3.36. The van der Waals surface area contributed by atoms with E-state index in [4.69, 9.17) is 23.7 Å². The van der Waals surface area contributed by atoms with Gasteiger partial charge in [0.25, 0.3) is 0 Å². The molecule has 0 radical (unpaired) electrons. The van der Waals surface area contributed by atoms with Crippen molar-refractivity contribution in [2.75, 3.05) is 39.6 Å². The summed E-state index contributed by atoms with van der Waals surface area (Å²) >= 11 is 0. The summed E-state index contributed by atoms with van der Waals surface area (Å²) in [6.07, 6.45) is 59.0. The van der Waals surface area contributed by atoms with Crippen LogP contribution in [0, 0.1) is 5.41 Å². The van der Waals surface area contributed by atoms with Gasteiger partial charge in [0.1, 0.15) is 19.8 Å². The zero-order valence-corrected chi connectivity index (χ0v) is 45.5. The van der Waals surface area contributed by atoms with Gasteiger partial charge in [-0.25, -0.2) is 0 Å². The first kappa shape index (κ1) is 66.7. The maximum atomic E-state index is 13.2. The fourth-order valence-corrected chi connectivity index (χ4v) is 7.52. The minimum atomic E-state index is -1.29. The van der Waals surface area contributed by atoms with Crippen LogP contribution in [0.4, 0.5) is 0 Å². The number of aliphatic hydroxyl groups is 1. The van der Waals surface area contributed by atoms with E-state index in [1.165, 1.54) is 51.4 Å². The molecule has 0 aromatic rings. The second-order valence-electron chi connectivity index (χ2n) is 19.1. The molecule has 404 valence electrons. The number of carbonyl (C=O) groups excluding carboxylic acids is 3. The number of carbonyl (C=O) groups is 3. The summed E-state index contributed by atoms with van der Waals surface area (Å²) in [6, 6.07) is 0. The van der Waals surface area contributed by atoms with Gasteiger partial charge in [0.15, 0.2) is 6.29 Å². The van der Waals surface area contributed by atoms with E-state index in [1.807, 2.05) is 0 Å². The van der Waals surface area contributed by atoms with Crippen molar-refractivity contribution < 1.29 is 43.2 Å². The third kappa shape index (κ3) is 47.1. The van der Waals surface area contributed by atoms with Crippen LogP contribution < -0.4 is 0 Å². The fourth-order valence-electron chi connectivity index (χ4n) is 7.52. The van der Waals surface area contributed by atoms with Gasteiger partial charge >= 0.3 is 17.9 Å². The first-order chi connectivity index (χ1) is 34.4. The molecule has 0 aliphatic carbocycles. The molecule has 0 unspecified atom stereocenters. The lowest BCUT2D eigenvalue weighted by molar-refractivity contribution is -0.169. The van der Waals surface area contributed by atoms with Crippen LogP contribution in [-0.2, 0) is 38.1 Å². The van der Waals surface area contributed by atoms with Gasteiger partial charge in [-0.3, -0.25) is 14.4 Å². The number of rotatable bonds is 52. The van der Waals surface area contributed by atoms with Crippen molar-refractivity contribution >= 4 is 17.9 Å². The average molecular weight is 984 g/mol. The quantitative estimate of drug-likeness (QED) is 0.0209. The van der Waals surface area contributed by atoms with Crippen molar-refractivity contribution in [3.63, 3.8) is 0 Å². The van der Waals surface area contributed by atoms with Crippen LogP contribution in [-0.4, -0.2) is 68.9 Å². The number of allylic oxidation sites excluding steroid dienone is 12. The van der Waals surface area contributed by atoms with E-state index >= 15 is 0 Å². The fraction of sp³-hybridized carbons (Fsp3) is 0.754. The summed E-state index contributed by atoms with van der Waals surface area (Å²) < 4.78 is 29.3. The van der Waals surface area contributed by atoms with Gasteiger partial charge in [-0.15, -0.1) is 0 Å². The minimum Gasteiger partial charge on any atom is -0.465 e. The van der Waals surface area contributed by atoms with Crippen LogP contribution in [0.1, 0.15) is 246 Å². The minimum absolute atomic E-state index is 0.0455. The van der Waals surface area contributed by atoms with Crippen LogP contribution >= 0.6 is 0 Å². The molecule has 0 saturated carbocycles. The molecule has 9 nitrogen and oxygen atoms in total. The highest BCUT2D eigenvalue weighted by Gasteiger charge is 2.35. The molecule has 0 atom stereocenters. The molecule has 0 bridgehead atoms. The molecule has 0 saturated heterocycles. The van der Waals surface area contributed by atoms with E-state index in [0.29, 0.717) is 32.5 Å². The molecular formula is C61H106O9. The van der Waals surface area contributed by atoms with Crippen molar-refractivity contribution in [1.82, 2.24) is 0 Å². The van der Waals surface area contributed by atoms with Gasteiger partial charge in [0.05, 0.1) is 18.4 Å². The molecule has 0 amide bonds. The lowest BCUT2D eigenvalue weighted by atomic mass is 9.92. The highest BCUT2D eigenvalue weighted by Crippen LogP contribution is 2.22. The Kier molecular flexibility index (Phi) is 51.0. The highest BCUT2D eigenvalue weighted by molar-refractivity contribution is 5.70. The Labute approximate surface area is 429 Å². The molecule has 0 aromatic carbocycles. The SMILES string of the molecule is CC/C=C\CCCCOC(CCC(=O)OCC(CO)(COC(=O)CCCCCCC/C=C\C/C=C\CCCCC)COC(=O)CCCCCCC/C=C\C/C=C\CCCCC)OCCCC/C=C\CC. The van der Waals surface area contributed by atoms with Crippen molar-refractivity contribution in [3.05, 3.63) is 72.9 Å². The Morgan fingerprint density at radius 2 is 0.729 bits per heavy atom. The van der Waals surface area contributed by atoms with E-state index in [9.17, 15) is 19.5 Å². The van der Waals surface area contributed by atoms with Gasteiger partial charge in [0.2, 0.25) is 0 Å². The van der Waals surface area contributed by atoms with Crippen LogP contribution in [0.5, 0.6) is 0 Å². The molecule has 0 aliphatic heterocycles. The van der Waals surface area contributed by atoms with Crippen LogP contribution in [0.2, 0.25) is 0 Å². The Morgan fingerprint density at radius 3 is 1.10 bits per heavy atom. The predicted octanol–water partition coefficient (Wildman–Crippen LogP) is 16.6. The van der Waals surface area contributed by atoms with Crippen molar-refractivity contribution in [2.45, 2.75) is 252 Å². The molecule has 70 heavy (non-hydrogen) atoms. The van der Waals surface area contributed by atoms with Crippen molar-refractivity contribution in [1.29, 1.82) is 0 Å². The predicted molar refractivity (Wildman–Crippen MR) is 293 cm³/mol. The lowest BCUT2D eigenvalue weighted by Gasteiger charge is -2.30. The van der Waals surface area contributed by atoms with Crippen LogP contribution in [0.3, 0.4) is 0 Å². The molecule has 0 aliphatic rings. The Balaban J connectivity index is 5.14. The topological polar surface area (TPSA) is 118 Å². The largest absolute Gasteiger partial charge is 0.465 e. The van der Waals surface area contributed by atoms with Crippen LogP contribution in [0.15, 0.2) is 72.9 Å². The van der Waals surface area contributed by atoms with Gasteiger partial charge in [-0.05, 0) is 128 Å². The Hall–Kier alpha value is -3.27. The molecule has 0 heterocycles. The zero-order chi connectivity index (χ0) is 51.1. The smallest absolute Gasteiger partial charge is 0.306 e. The third-order valence-corrected chi connectivity index (χ3v) is 12.1. The number of hydrogen-bond donors (Lipinski definition) is 1. The molecule has 0 fully saturated rings. The van der Waals surface area contributed by atoms with Gasteiger partial charge in [-0.1, -0.05) is 165 Å². The van der Waals surface area contributed by atoms with Crippen LogP contribution in [0.25, 0.3) is 0 Å². The zero-order valence-electron chi connectivity index (χ0n) is 45.5. The summed E-state index contributed by atoms with van der Waals surface area (Å²) in [5, 5.41) is 10.7. The summed E-state index contributed by atoms with van der Waals surface area (Å²) in [7, 11) is 0. The molecule has 0 rings (SSSR count). The van der Waals surface area contributed by atoms with E-state index < -0.39 is 24.3 Å². The Morgan fingerprint density at radius 1 is 0.400 bits per heavy atom.